The minimum atomic E-state index is -2.26. The number of aromatic nitrogens is 3. The highest BCUT2D eigenvalue weighted by molar-refractivity contribution is 5.58. The summed E-state index contributed by atoms with van der Waals surface area (Å²) in [6.07, 6.45) is 2.79. The molecular weight excluding hydrogens is 309 g/mol. The van der Waals surface area contributed by atoms with Crippen LogP contribution in [0.1, 0.15) is 0 Å². The van der Waals surface area contributed by atoms with Crippen LogP contribution in [0.2, 0.25) is 0 Å². The van der Waals surface area contributed by atoms with Gasteiger partial charge in [-0.2, -0.15) is 0 Å². The Balaban J connectivity index is 2.16. The van der Waals surface area contributed by atoms with E-state index in [1.807, 2.05) is 0 Å². The predicted molar refractivity (Wildman–Crippen MR) is 62.8 cm³/mol. The van der Waals surface area contributed by atoms with Crippen molar-refractivity contribution in [2.24, 2.45) is 0 Å². The molecule has 9 heteroatoms. The van der Waals surface area contributed by atoms with E-state index in [9.17, 15) is 22.0 Å². The minimum Gasteiger partial charge on any atom is -0.416 e. The smallest absolute Gasteiger partial charge is 0.254 e. The molecule has 0 saturated carbocycles. The van der Waals surface area contributed by atoms with E-state index in [1.54, 1.807) is 0 Å². The average molecular weight is 313 g/mol. The molecule has 0 N–H and O–H groups in total. The number of rotatable bonds is 2. The van der Waals surface area contributed by atoms with E-state index in [2.05, 4.69) is 15.2 Å². The van der Waals surface area contributed by atoms with Crippen LogP contribution in [0.15, 0.2) is 28.9 Å². The molecule has 0 spiro atoms. The molecule has 1 aromatic carbocycles. The average Bonchev–Trinajstić information content (AvgIpc) is 3.02. The molecule has 0 aliphatic carbocycles. The molecule has 0 fully saturated rings. The van der Waals surface area contributed by atoms with Gasteiger partial charge in [-0.25, -0.2) is 22.0 Å². The van der Waals surface area contributed by atoms with E-state index < -0.39 is 40.5 Å². The first-order valence-corrected chi connectivity index (χ1v) is 5.76. The third-order valence-electron chi connectivity index (χ3n) is 2.76. The molecule has 0 aliphatic heterocycles. The van der Waals surface area contributed by atoms with Gasteiger partial charge in [0, 0.05) is 12.4 Å². The Bertz CT molecular complexity index is 821. The van der Waals surface area contributed by atoms with Crippen molar-refractivity contribution in [1.82, 2.24) is 15.2 Å². The summed E-state index contributed by atoms with van der Waals surface area (Å²) in [7, 11) is 0. The third-order valence-corrected chi connectivity index (χ3v) is 2.76. The van der Waals surface area contributed by atoms with Gasteiger partial charge in [-0.15, -0.1) is 10.2 Å². The van der Waals surface area contributed by atoms with Crippen LogP contribution in [0.5, 0.6) is 0 Å². The first kappa shape index (κ1) is 14.1. The molecule has 2 heterocycles. The van der Waals surface area contributed by atoms with E-state index in [-0.39, 0.29) is 5.89 Å². The summed E-state index contributed by atoms with van der Waals surface area (Å²) < 4.78 is 71.5. The summed E-state index contributed by atoms with van der Waals surface area (Å²) in [5.41, 5.74) is -0.954. The lowest BCUT2D eigenvalue weighted by Gasteiger charge is -2.04. The largest absolute Gasteiger partial charge is 0.416 e. The molecule has 0 amide bonds. The molecule has 0 saturated heterocycles. The van der Waals surface area contributed by atoms with Crippen molar-refractivity contribution in [2.75, 3.05) is 0 Å². The fraction of sp³-hybridized carbons (Fsp3) is 0. The Kier molecular flexibility index (Phi) is 3.32. The first-order chi connectivity index (χ1) is 10.5. The number of pyridine rings is 1. The molecule has 112 valence electrons. The third kappa shape index (κ3) is 2.10. The molecule has 0 radical (unpaired) electrons. The molecule has 0 unspecified atom stereocenters. The monoisotopic (exact) mass is 313 g/mol. The number of benzene rings is 1. The highest BCUT2D eigenvalue weighted by atomic mass is 19.2. The van der Waals surface area contributed by atoms with E-state index in [1.165, 1.54) is 24.5 Å². The maximum Gasteiger partial charge on any atom is 0.254 e. The normalized spacial score (nSPS) is 11.0. The fourth-order valence-corrected chi connectivity index (χ4v) is 1.72. The molecule has 2 aromatic heterocycles. The molecular formula is C13H4F5N3O. The van der Waals surface area contributed by atoms with Crippen molar-refractivity contribution in [3.63, 3.8) is 0 Å². The van der Waals surface area contributed by atoms with Crippen LogP contribution in [0.25, 0.3) is 22.9 Å². The molecule has 4 nitrogen and oxygen atoms in total. The summed E-state index contributed by atoms with van der Waals surface area (Å²) in [4.78, 5) is 3.77. The van der Waals surface area contributed by atoms with E-state index in [4.69, 9.17) is 4.42 Å². The van der Waals surface area contributed by atoms with Gasteiger partial charge in [0.15, 0.2) is 23.3 Å². The Labute approximate surface area is 119 Å². The standard InChI is InChI=1S/C13H4F5N3O/c14-7-6(8(15)10(17)11(18)9(7)16)13-21-20-12(22-13)5-2-1-3-19-4-5/h1-4H. The Hall–Kier alpha value is -2.84. The summed E-state index contributed by atoms with van der Waals surface area (Å²) in [6, 6.07) is 3.06. The van der Waals surface area contributed by atoms with Crippen LogP contribution in [0.4, 0.5) is 22.0 Å². The highest BCUT2D eigenvalue weighted by Crippen LogP contribution is 2.32. The van der Waals surface area contributed by atoms with Crippen molar-refractivity contribution in [1.29, 1.82) is 0 Å². The topological polar surface area (TPSA) is 51.8 Å². The Morgan fingerprint density at radius 3 is 1.95 bits per heavy atom. The van der Waals surface area contributed by atoms with Crippen molar-refractivity contribution >= 4 is 0 Å². The number of hydrogen-bond acceptors (Lipinski definition) is 4. The van der Waals surface area contributed by atoms with Gasteiger partial charge in [-0.05, 0) is 12.1 Å². The van der Waals surface area contributed by atoms with E-state index >= 15 is 0 Å². The zero-order valence-corrected chi connectivity index (χ0v) is 10.4. The van der Waals surface area contributed by atoms with Gasteiger partial charge in [0.2, 0.25) is 11.7 Å². The first-order valence-electron chi connectivity index (χ1n) is 5.76. The van der Waals surface area contributed by atoms with E-state index in [0.29, 0.717) is 5.56 Å². The van der Waals surface area contributed by atoms with Crippen molar-refractivity contribution in [3.05, 3.63) is 53.6 Å². The van der Waals surface area contributed by atoms with Gasteiger partial charge in [-0.1, -0.05) is 0 Å². The number of halogens is 5. The second-order valence-electron chi connectivity index (χ2n) is 4.10. The quantitative estimate of drug-likeness (QED) is 0.413. The van der Waals surface area contributed by atoms with Crippen molar-refractivity contribution in [2.45, 2.75) is 0 Å². The lowest BCUT2D eigenvalue weighted by atomic mass is 10.1. The van der Waals surface area contributed by atoms with Gasteiger partial charge in [0.25, 0.3) is 5.89 Å². The van der Waals surface area contributed by atoms with E-state index in [0.717, 1.165) is 0 Å². The van der Waals surface area contributed by atoms with Gasteiger partial charge < -0.3 is 4.42 Å². The van der Waals surface area contributed by atoms with Crippen LogP contribution in [0, 0.1) is 29.1 Å². The fourth-order valence-electron chi connectivity index (χ4n) is 1.72. The van der Waals surface area contributed by atoms with Crippen LogP contribution in [-0.4, -0.2) is 15.2 Å². The van der Waals surface area contributed by atoms with Gasteiger partial charge in [0.1, 0.15) is 5.56 Å². The van der Waals surface area contributed by atoms with Crippen LogP contribution in [0.3, 0.4) is 0 Å². The predicted octanol–water partition coefficient (Wildman–Crippen LogP) is 3.49. The number of hydrogen-bond donors (Lipinski definition) is 0. The van der Waals surface area contributed by atoms with Crippen LogP contribution < -0.4 is 0 Å². The van der Waals surface area contributed by atoms with Gasteiger partial charge in [0.05, 0.1) is 5.56 Å². The molecule has 22 heavy (non-hydrogen) atoms. The number of nitrogens with zero attached hydrogens (tertiary/aromatic N) is 3. The SMILES string of the molecule is Fc1c(F)c(F)c(-c2nnc(-c3cccnc3)o2)c(F)c1F. The second kappa shape index (κ2) is 5.17. The minimum absolute atomic E-state index is 0.174. The van der Waals surface area contributed by atoms with Gasteiger partial charge >= 0.3 is 0 Å². The zero-order valence-electron chi connectivity index (χ0n) is 10.4. The lowest BCUT2D eigenvalue weighted by molar-refractivity contribution is 0.378. The van der Waals surface area contributed by atoms with Crippen molar-refractivity contribution < 1.29 is 26.4 Å². The molecule has 0 aliphatic rings. The van der Waals surface area contributed by atoms with Gasteiger partial charge in [-0.3, -0.25) is 4.98 Å². The molecule has 3 rings (SSSR count). The maximum atomic E-state index is 13.6. The lowest BCUT2D eigenvalue weighted by Crippen LogP contribution is -2.04. The highest BCUT2D eigenvalue weighted by Gasteiger charge is 2.29. The Morgan fingerprint density at radius 1 is 0.773 bits per heavy atom. The molecule has 3 aromatic rings. The zero-order chi connectivity index (χ0) is 15.9. The Morgan fingerprint density at radius 2 is 1.36 bits per heavy atom. The second-order valence-corrected chi connectivity index (χ2v) is 4.10. The summed E-state index contributed by atoms with van der Waals surface area (Å²) in [6.45, 7) is 0. The summed E-state index contributed by atoms with van der Waals surface area (Å²) in [5.74, 6) is -11.5. The van der Waals surface area contributed by atoms with Crippen LogP contribution in [-0.2, 0) is 0 Å². The van der Waals surface area contributed by atoms with Crippen LogP contribution >= 0.6 is 0 Å². The summed E-state index contributed by atoms with van der Waals surface area (Å²) in [5, 5.41) is 6.81. The molecule has 0 atom stereocenters. The maximum absolute atomic E-state index is 13.6. The molecule has 0 bridgehead atoms. The van der Waals surface area contributed by atoms with Crippen molar-refractivity contribution in [3.8, 4) is 22.9 Å². The summed E-state index contributed by atoms with van der Waals surface area (Å²) >= 11 is 0.